The molecule has 0 atom stereocenters. The van der Waals surface area contributed by atoms with Crippen molar-refractivity contribution in [1.29, 1.82) is 0 Å². The fourth-order valence-corrected chi connectivity index (χ4v) is 4.03. The minimum absolute atomic E-state index is 0.320. The SMILES string of the molecule is CCCCCCP(=O)(OCc1ccccc1)OCc1ccccc1. The molecule has 0 fully saturated rings. The third kappa shape index (κ3) is 7.00. The number of unbranched alkanes of at least 4 members (excludes halogenated alkanes) is 3. The van der Waals surface area contributed by atoms with Crippen molar-refractivity contribution in [3.8, 4) is 0 Å². The van der Waals surface area contributed by atoms with Crippen molar-refractivity contribution < 1.29 is 13.6 Å². The first kappa shape index (κ1) is 18.9. The normalized spacial score (nSPS) is 11.5. The number of rotatable bonds is 11. The Hall–Kier alpha value is -1.41. The Morgan fingerprint density at radius 2 is 1.25 bits per heavy atom. The van der Waals surface area contributed by atoms with Crippen molar-refractivity contribution in [1.82, 2.24) is 0 Å². The van der Waals surface area contributed by atoms with Gasteiger partial charge in [-0.1, -0.05) is 86.8 Å². The van der Waals surface area contributed by atoms with Gasteiger partial charge in [-0.15, -0.1) is 0 Å². The lowest BCUT2D eigenvalue weighted by Gasteiger charge is -2.19. The quantitative estimate of drug-likeness (QED) is 0.359. The second-order valence-electron chi connectivity index (χ2n) is 5.91. The summed E-state index contributed by atoms with van der Waals surface area (Å²) in [4.78, 5) is 0. The monoisotopic (exact) mass is 346 g/mol. The van der Waals surface area contributed by atoms with Crippen LogP contribution in [0.1, 0.15) is 43.7 Å². The fraction of sp³-hybridized carbons (Fsp3) is 0.400. The van der Waals surface area contributed by atoms with E-state index in [0.29, 0.717) is 19.4 Å². The maximum atomic E-state index is 13.1. The van der Waals surface area contributed by atoms with Crippen molar-refractivity contribution in [2.45, 2.75) is 45.8 Å². The topological polar surface area (TPSA) is 35.5 Å². The van der Waals surface area contributed by atoms with Gasteiger partial charge in [0, 0.05) is 0 Å². The molecule has 2 aromatic carbocycles. The Morgan fingerprint density at radius 3 is 1.71 bits per heavy atom. The van der Waals surface area contributed by atoms with Crippen molar-refractivity contribution in [2.24, 2.45) is 0 Å². The molecule has 4 heteroatoms. The average molecular weight is 346 g/mol. The van der Waals surface area contributed by atoms with Crippen molar-refractivity contribution in [2.75, 3.05) is 6.16 Å². The Bertz CT molecular complexity index is 566. The first-order valence-corrected chi connectivity index (χ1v) is 10.4. The average Bonchev–Trinajstić information content (AvgIpc) is 2.64. The highest BCUT2D eigenvalue weighted by Gasteiger charge is 2.24. The summed E-state index contributed by atoms with van der Waals surface area (Å²) in [5.74, 6) is 0. The molecule has 24 heavy (non-hydrogen) atoms. The van der Waals surface area contributed by atoms with E-state index in [4.69, 9.17) is 9.05 Å². The molecule has 0 unspecified atom stereocenters. The molecule has 2 rings (SSSR count). The van der Waals surface area contributed by atoms with Crippen LogP contribution in [0.25, 0.3) is 0 Å². The molecular weight excluding hydrogens is 319 g/mol. The van der Waals surface area contributed by atoms with E-state index in [2.05, 4.69) is 6.92 Å². The van der Waals surface area contributed by atoms with Crippen LogP contribution in [0.15, 0.2) is 60.7 Å². The van der Waals surface area contributed by atoms with Crippen LogP contribution in [0, 0.1) is 0 Å². The second kappa shape index (κ2) is 10.5. The predicted octanol–water partition coefficient (Wildman–Crippen LogP) is 6.19. The molecule has 0 bridgehead atoms. The Morgan fingerprint density at radius 1 is 0.750 bits per heavy atom. The third-order valence-electron chi connectivity index (χ3n) is 3.83. The van der Waals surface area contributed by atoms with Gasteiger partial charge in [0.1, 0.15) is 0 Å². The Labute approximate surface area is 145 Å². The summed E-state index contributed by atoms with van der Waals surface area (Å²) in [6.45, 7) is 2.80. The van der Waals surface area contributed by atoms with Crippen LogP contribution in [-0.4, -0.2) is 6.16 Å². The standard InChI is InChI=1S/C20H27O3P/c1-2-3-4-11-16-24(21,22-17-19-12-7-5-8-13-19)23-18-20-14-9-6-10-15-20/h5-10,12-15H,2-4,11,16-18H2,1H3. The summed E-state index contributed by atoms with van der Waals surface area (Å²) in [5, 5.41) is 0. The molecule has 0 N–H and O–H groups in total. The molecule has 130 valence electrons. The molecule has 0 amide bonds. The maximum absolute atomic E-state index is 13.1. The van der Waals surface area contributed by atoms with Crippen LogP contribution in [-0.2, 0) is 26.8 Å². The number of hydrogen-bond donors (Lipinski definition) is 0. The van der Waals surface area contributed by atoms with Gasteiger partial charge in [0.2, 0.25) is 0 Å². The van der Waals surface area contributed by atoms with Gasteiger partial charge in [-0.3, -0.25) is 4.57 Å². The minimum Gasteiger partial charge on any atom is -0.304 e. The molecule has 3 nitrogen and oxygen atoms in total. The van der Waals surface area contributed by atoms with Gasteiger partial charge in [0.15, 0.2) is 0 Å². The molecule has 0 aromatic heterocycles. The molecule has 0 aliphatic rings. The Balaban J connectivity index is 1.93. The largest absolute Gasteiger partial charge is 0.331 e. The molecule has 0 saturated heterocycles. The second-order valence-corrected chi connectivity index (χ2v) is 8.10. The van der Waals surface area contributed by atoms with E-state index < -0.39 is 7.60 Å². The van der Waals surface area contributed by atoms with Crippen LogP contribution < -0.4 is 0 Å². The van der Waals surface area contributed by atoms with Crippen LogP contribution >= 0.6 is 7.60 Å². The highest BCUT2D eigenvalue weighted by Crippen LogP contribution is 2.50. The van der Waals surface area contributed by atoms with Crippen LogP contribution in [0.5, 0.6) is 0 Å². The Kier molecular flexibility index (Phi) is 8.24. The molecule has 0 heterocycles. The summed E-state index contributed by atoms with van der Waals surface area (Å²) >= 11 is 0. The third-order valence-corrected chi connectivity index (χ3v) is 5.74. The molecule has 0 saturated carbocycles. The smallest absolute Gasteiger partial charge is 0.304 e. The summed E-state index contributed by atoms with van der Waals surface area (Å²) in [7, 11) is -3.09. The van der Waals surface area contributed by atoms with E-state index in [1.54, 1.807) is 0 Å². The van der Waals surface area contributed by atoms with E-state index in [1.807, 2.05) is 60.7 Å². The van der Waals surface area contributed by atoms with Crippen molar-refractivity contribution in [3.63, 3.8) is 0 Å². The summed E-state index contributed by atoms with van der Waals surface area (Å²) in [6, 6.07) is 19.6. The zero-order valence-corrected chi connectivity index (χ0v) is 15.3. The zero-order chi connectivity index (χ0) is 17.1. The van der Waals surface area contributed by atoms with E-state index in [9.17, 15) is 4.57 Å². The van der Waals surface area contributed by atoms with E-state index >= 15 is 0 Å². The van der Waals surface area contributed by atoms with Crippen LogP contribution in [0.4, 0.5) is 0 Å². The van der Waals surface area contributed by atoms with Crippen molar-refractivity contribution >= 4 is 7.60 Å². The molecule has 0 radical (unpaired) electrons. The molecular formula is C20H27O3P. The number of hydrogen-bond acceptors (Lipinski definition) is 3. The lowest BCUT2D eigenvalue weighted by molar-refractivity contribution is 0.190. The number of benzene rings is 2. The first-order valence-electron chi connectivity index (χ1n) is 8.68. The highest BCUT2D eigenvalue weighted by molar-refractivity contribution is 7.53. The van der Waals surface area contributed by atoms with E-state index in [0.717, 1.165) is 36.8 Å². The minimum atomic E-state index is -3.09. The van der Waals surface area contributed by atoms with Crippen LogP contribution in [0.2, 0.25) is 0 Å². The predicted molar refractivity (Wildman–Crippen MR) is 99.1 cm³/mol. The zero-order valence-electron chi connectivity index (χ0n) is 14.4. The van der Waals surface area contributed by atoms with Gasteiger partial charge in [-0.05, 0) is 17.5 Å². The first-order chi connectivity index (χ1) is 11.7. The highest BCUT2D eigenvalue weighted by atomic mass is 31.2. The summed E-state index contributed by atoms with van der Waals surface area (Å²) in [6.07, 6.45) is 4.71. The van der Waals surface area contributed by atoms with Gasteiger partial charge in [-0.25, -0.2) is 0 Å². The van der Waals surface area contributed by atoms with Gasteiger partial charge < -0.3 is 9.05 Å². The molecule has 2 aromatic rings. The van der Waals surface area contributed by atoms with Gasteiger partial charge in [0.05, 0.1) is 19.4 Å². The van der Waals surface area contributed by atoms with E-state index in [-0.39, 0.29) is 0 Å². The van der Waals surface area contributed by atoms with Gasteiger partial charge in [-0.2, -0.15) is 0 Å². The van der Waals surface area contributed by atoms with E-state index in [1.165, 1.54) is 0 Å². The lowest BCUT2D eigenvalue weighted by atomic mass is 10.2. The van der Waals surface area contributed by atoms with Gasteiger partial charge in [0.25, 0.3) is 0 Å². The lowest BCUT2D eigenvalue weighted by Crippen LogP contribution is -2.02. The summed E-state index contributed by atoms with van der Waals surface area (Å²) in [5.41, 5.74) is 2.02. The maximum Gasteiger partial charge on any atom is 0.331 e. The van der Waals surface area contributed by atoms with Crippen LogP contribution in [0.3, 0.4) is 0 Å². The molecule has 0 spiro atoms. The summed E-state index contributed by atoms with van der Waals surface area (Å²) < 4.78 is 24.6. The molecule has 0 aliphatic heterocycles. The molecule has 0 aliphatic carbocycles. The van der Waals surface area contributed by atoms with Gasteiger partial charge >= 0.3 is 7.60 Å². The fourth-order valence-electron chi connectivity index (χ4n) is 2.39. The van der Waals surface area contributed by atoms with Crippen molar-refractivity contribution in [3.05, 3.63) is 71.8 Å².